The maximum absolute atomic E-state index is 13.2. The van der Waals surface area contributed by atoms with Gasteiger partial charge in [0.05, 0.1) is 32.3 Å². The topological polar surface area (TPSA) is 59.1 Å². The SMILES string of the molecule is O=C(/C=C/c1ccc(N2CCOCC2)cc1)C1CCC/C(=C/c2ccc(N3CCOCC3)cc2)C1=O. The zero-order chi connectivity index (χ0) is 24.7. The Morgan fingerprint density at radius 2 is 1.31 bits per heavy atom. The molecule has 3 fully saturated rings. The van der Waals surface area contributed by atoms with Gasteiger partial charge in [0, 0.05) is 37.6 Å². The van der Waals surface area contributed by atoms with Crippen LogP contribution in [0.25, 0.3) is 12.2 Å². The zero-order valence-corrected chi connectivity index (χ0v) is 20.7. The molecule has 2 heterocycles. The molecule has 0 N–H and O–H groups in total. The number of Topliss-reactive ketones (excluding diaryl/α,β-unsaturated/α-hetero) is 1. The molecule has 2 aliphatic heterocycles. The van der Waals surface area contributed by atoms with Crippen LogP contribution >= 0.6 is 0 Å². The summed E-state index contributed by atoms with van der Waals surface area (Å²) in [5.41, 5.74) is 5.05. The summed E-state index contributed by atoms with van der Waals surface area (Å²) >= 11 is 0. The second kappa shape index (κ2) is 11.7. The highest BCUT2D eigenvalue weighted by Crippen LogP contribution is 2.29. The summed E-state index contributed by atoms with van der Waals surface area (Å²) in [6.07, 6.45) is 7.54. The molecule has 0 spiro atoms. The van der Waals surface area contributed by atoms with E-state index in [-0.39, 0.29) is 11.6 Å². The first-order valence-electron chi connectivity index (χ1n) is 13.0. The number of ether oxygens (including phenoxy) is 2. The summed E-state index contributed by atoms with van der Waals surface area (Å²) in [5, 5.41) is 0. The van der Waals surface area contributed by atoms with E-state index >= 15 is 0 Å². The highest BCUT2D eigenvalue weighted by Gasteiger charge is 2.30. The summed E-state index contributed by atoms with van der Waals surface area (Å²) in [7, 11) is 0. The van der Waals surface area contributed by atoms with Crippen molar-refractivity contribution in [1.82, 2.24) is 0 Å². The molecule has 188 valence electrons. The van der Waals surface area contributed by atoms with E-state index < -0.39 is 5.92 Å². The Hall–Kier alpha value is -3.22. The molecule has 6 heteroatoms. The maximum atomic E-state index is 13.2. The van der Waals surface area contributed by atoms with Crippen LogP contribution in [0.4, 0.5) is 11.4 Å². The molecular formula is C30H34N2O4. The fourth-order valence-electron chi connectivity index (χ4n) is 5.11. The first-order valence-corrected chi connectivity index (χ1v) is 13.0. The Bertz CT molecular complexity index is 1110. The third-order valence-electron chi connectivity index (χ3n) is 7.23. The lowest BCUT2D eigenvalue weighted by Crippen LogP contribution is -2.36. The number of ketones is 2. The molecule has 3 aliphatic rings. The van der Waals surface area contributed by atoms with Crippen molar-refractivity contribution in [1.29, 1.82) is 0 Å². The lowest BCUT2D eigenvalue weighted by Gasteiger charge is -2.28. The molecule has 2 aromatic carbocycles. The van der Waals surface area contributed by atoms with Gasteiger partial charge in [-0.25, -0.2) is 0 Å². The van der Waals surface area contributed by atoms with E-state index in [1.807, 2.05) is 24.3 Å². The quantitative estimate of drug-likeness (QED) is 0.446. The van der Waals surface area contributed by atoms with Crippen molar-refractivity contribution in [3.8, 4) is 0 Å². The van der Waals surface area contributed by atoms with Crippen LogP contribution in [0, 0.1) is 5.92 Å². The minimum absolute atomic E-state index is 0.0316. The van der Waals surface area contributed by atoms with Gasteiger partial charge >= 0.3 is 0 Å². The average molecular weight is 487 g/mol. The molecule has 0 aromatic heterocycles. The fraction of sp³-hybridized carbons (Fsp3) is 0.400. The standard InChI is InChI=1S/C30H34N2O4/c33-29(13-8-23-4-9-26(10-5-23)31-14-18-35-19-15-31)28-3-1-2-25(30(28)34)22-24-6-11-27(12-7-24)32-16-20-36-21-17-32/h4-13,22,28H,1-3,14-21H2/b13-8+,25-22-. The summed E-state index contributed by atoms with van der Waals surface area (Å²) < 4.78 is 10.8. The summed E-state index contributed by atoms with van der Waals surface area (Å²) in [6, 6.07) is 16.5. The molecule has 36 heavy (non-hydrogen) atoms. The predicted molar refractivity (Wildman–Crippen MR) is 143 cm³/mol. The third-order valence-corrected chi connectivity index (χ3v) is 7.23. The monoisotopic (exact) mass is 486 g/mol. The molecular weight excluding hydrogens is 452 g/mol. The van der Waals surface area contributed by atoms with Crippen LogP contribution in [-0.2, 0) is 19.1 Å². The van der Waals surface area contributed by atoms with Crippen LogP contribution in [0.3, 0.4) is 0 Å². The fourth-order valence-corrected chi connectivity index (χ4v) is 5.11. The van der Waals surface area contributed by atoms with Crippen LogP contribution in [0.5, 0.6) is 0 Å². The van der Waals surface area contributed by atoms with Crippen molar-refractivity contribution in [3.63, 3.8) is 0 Å². The number of nitrogens with zero attached hydrogens (tertiary/aromatic N) is 2. The zero-order valence-electron chi connectivity index (χ0n) is 20.7. The normalized spacial score (nSPS) is 22.4. The number of morpholine rings is 2. The molecule has 1 atom stereocenters. The van der Waals surface area contributed by atoms with Crippen molar-refractivity contribution < 1.29 is 19.1 Å². The first-order chi connectivity index (χ1) is 17.7. The third kappa shape index (κ3) is 5.94. The minimum Gasteiger partial charge on any atom is -0.378 e. The summed E-state index contributed by atoms with van der Waals surface area (Å²) in [5.74, 6) is -0.720. The molecule has 2 saturated heterocycles. The molecule has 1 aliphatic carbocycles. The highest BCUT2D eigenvalue weighted by molar-refractivity contribution is 6.16. The van der Waals surface area contributed by atoms with Gasteiger partial charge in [-0.2, -0.15) is 0 Å². The van der Waals surface area contributed by atoms with E-state index in [0.29, 0.717) is 6.42 Å². The number of anilines is 2. The van der Waals surface area contributed by atoms with Crippen LogP contribution in [-0.4, -0.2) is 64.2 Å². The Kier molecular flexibility index (Phi) is 7.94. The number of benzene rings is 2. The van der Waals surface area contributed by atoms with Crippen molar-refractivity contribution in [3.05, 3.63) is 71.3 Å². The minimum atomic E-state index is -0.582. The number of carbonyl (C=O) groups is 2. The molecule has 0 bridgehead atoms. The van der Waals surface area contributed by atoms with Gasteiger partial charge in [0.2, 0.25) is 0 Å². The molecule has 1 saturated carbocycles. The average Bonchev–Trinajstić information content (AvgIpc) is 2.94. The molecule has 0 amide bonds. The first kappa shape index (κ1) is 24.5. The van der Waals surface area contributed by atoms with Crippen LogP contribution in [0.2, 0.25) is 0 Å². The van der Waals surface area contributed by atoms with Crippen molar-refractivity contribution in [2.75, 3.05) is 62.4 Å². The van der Waals surface area contributed by atoms with E-state index in [1.165, 1.54) is 5.69 Å². The van der Waals surface area contributed by atoms with Gasteiger partial charge in [-0.3, -0.25) is 9.59 Å². The van der Waals surface area contributed by atoms with Crippen LogP contribution in [0.1, 0.15) is 30.4 Å². The second-order valence-corrected chi connectivity index (χ2v) is 9.60. The molecule has 5 rings (SSSR count). The van der Waals surface area contributed by atoms with E-state index in [1.54, 1.807) is 6.08 Å². The Labute approximate surface area is 213 Å². The summed E-state index contributed by atoms with van der Waals surface area (Å²) in [4.78, 5) is 30.7. The van der Waals surface area contributed by atoms with Crippen molar-refractivity contribution in [2.24, 2.45) is 5.92 Å². The second-order valence-electron chi connectivity index (χ2n) is 9.60. The van der Waals surface area contributed by atoms with Crippen LogP contribution in [0.15, 0.2) is 60.2 Å². The number of hydrogen-bond donors (Lipinski definition) is 0. The molecule has 2 aromatic rings. The number of rotatable bonds is 6. The number of allylic oxidation sites excluding steroid dienone is 2. The van der Waals surface area contributed by atoms with Gasteiger partial charge in [-0.05, 0) is 72.4 Å². The van der Waals surface area contributed by atoms with Gasteiger partial charge in [0.25, 0.3) is 0 Å². The highest BCUT2D eigenvalue weighted by atomic mass is 16.5. The lowest BCUT2D eigenvalue weighted by atomic mass is 9.81. The van der Waals surface area contributed by atoms with Crippen molar-refractivity contribution in [2.45, 2.75) is 19.3 Å². The Morgan fingerprint density at radius 3 is 1.86 bits per heavy atom. The molecule has 6 nitrogen and oxygen atoms in total. The largest absolute Gasteiger partial charge is 0.378 e. The number of carbonyl (C=O) groups excluding carboxylic acids is 2. The van der Waals surface area contributed by atoms with E-state index in [4.69, 9.17) is 9.47 Å². The van der Waals surface area contributed by atoms with Gasteiger partial charge in [0.1, 0.15) is 0 Å². The van der Waals surface area contributed by atoms with E-state index in [2.05, 4.69) is 46.2 Å². The smallest absolute Gasteiger partial charge is 0.169 e. The Balaban J connectivity index is 1.20. The molecule has 0 radical (unpaired) electrons. The summed E-state index contributed by atoms with van der Waals surface area (Å²) in [6.45, 7) is 6.59. The lowest BCUT2D eigenvalue weighted by molar-refractivity contribution is -0.129. The van der Waals surface area contributed by atoms with Crippen molar-refractivity contribution >= 4 is 35.1 Å². The Morgan fingerprint density at radius 1 is 0.778 bits per heavy atom. The maximum Gasteiger partial charge on any atom is 0.169 e. The predicted octanol–water partition coefficient (Wildman–Crippen LogP) is 4.39. The molecule has 1 unspecified atom stereocenters. The van der Waals surface area contributed by atoms with Gasteiger partial charge in [-0.1, -0.05) is 30.3 Å². The van der Waals surface area contributed by atoms with Gasteiger partial charge in [0.15, 0.2) is 11.6 Å². The van der Waals surface area contributed by atoms with E-state index in [9.17, 15) is 9.59 Å². The van der Waals surface area contributed by atoms with Gasteiger partial charge < -0.3 is 19.3 Å². The van der Waals surface area contributed by atoms with Crippen LogP contribution < -0.4 is 9.80 Å². The van der Waals surface area contributed by atoms with Gasteiger partial charge in [-0.15, -0.1) is 0 Å². The van der Waals surface area contributed by atoms with E-state index in [0.717, 1.165) is 87.8 Å². The number of hydrogen-bond acceptors (Lipinski definition) is 6.